The van der Waals surface area contributed by atoms with E-state index in [2.05, 4.69) is 131 Å². The molecule has 0 spiro atoms. The Bertz CT molecular complexity index is 1110. The lowest BCUT2D eigenvalue weighted by Gasteiger charge is -2.60. The van der Waals surface area contributed by atoms with Crippen molar-refractivity contribution in [1.82, 2.24) is 0 Å². The highest BCUT2D eigenvalue weighted by atomic mass is 15.2. The van der Waals surface area contributed by atoms with Gasteiger partial charge in [0.1, 0.15) is 0 Å². The molecule has 0 aliphatic carbocycles. The van der Waals surface area contributed by atoms with Gasteiger partial charge < -0.3 is 4.90 Å². The molecule has 1 aliphatic heterocycles. The van der Waals surface area contributed by atoms with Crippen molar-refractivity contribution in [3.63, 3.8) is 0 Å². The highest BCUT2D eigenvalue weighted by Crippen LogP contribution is 2.60. The van der Waals surface area contributed by atoms with Gasteiger partial charge in [-0.3, -0.25) is 0 Å². The first-order chi connectivity index (χ1) is 15.4. The molecule has 32 heavy (non-hydrogen) atoms. The van der Waals surface area contributed by atoms with Crippen LogP contribution in [-0.4, -0.2) is 6.04 Å². The van der Waals surface area contributed by atoms with Gasteiger partial charge in [0.2, 0.25) is 0 Å². The van der Waals surface area contributed by atoms with E-state index >= 15 is 0 Å². The minimum atomic E-state index is 0.0632. The summed E-state index contributed by atoms with van der Waals surface area (Å²) < 4.78 is 0. The third-order valence-corrected chi connectivity index (χ3v) is 8.32. The lowest BCUT2D eigenvalue weighted by molar-refractivity contribution is 0.106. The summed E-state index contributed by atoms with van der Waals surface area (Å²) in [6.45, 7) is 14.3. The molecular formula is C31H37N. The Hall–Kier alpha value is -2.80. The Morgan fingerprint density at radius 2 is 1.41 bits per heavy atom. The first kappa shape index (κ1) is 22.4. The molecule has 1 heteroatoms. The molecule has 3 aromatic carbocycles. The molecule has 0 aromatic heterocycles. The van der Waals surface area contributed by atoms with Crippen LogP contribution in [0.3, 0.4) is 0 Å². The van der Waals surface area contributed by atoms with Crippen LogP contribution >= 0.6 is 0 Å². The first-order valence-corrected chi connectivity index (χ1v) is 12.0. The topological polar surface area (TPSA) is 3.24 Å². The molecular weight excluding hydrogens is 386 g/mol. The summed E-state index contributed by atoms with van der Waals surface area (Å²) in [5.74, 6) is 0. The standard InChI is InChI=1S/C31H37N/c1-7-30(5)26-19-13-15-21-28(26)32(27-20-14-12-16-23(27)3)29(31(30,6)8-2)24(4)22-25-17-10-9-11-18-25/h9-22,29H,7-8H2,1-6H3. The van der Waals surface area contributed by atoms with E-state index in [-0.39, 0.29) is 16.9 Å². The number of anilines is 2. The lowest BCUT2D eigenvalue weighted by atomic mass is 9.52. The van der Waals surface area contributed by atoms with Gasteiger partial charge in [0.15, 0.2) is 0 Å². The van der Waals surface area contributed by atoms with Gasteiger partial charge in [-0.25, -0.2) is 0 Å². The summed E-state index contributed by atoms with van der Waals surface area (Å²) in [4.78, 5) is 2.64. The molecule has 166 valence electrons. The summed E-state index contributed by atoms with van der Waals surface area (Å²) in [7, 11) is 0. The predicted molar refractivity (Wildman–Crippen MR) is 140 cm³/mol. The number of hydrogen-bond donors (Lipinski definition) is 0. The van der Waals surface area contributed by atoms with Crippen molar-refractivity contribution in [3.05, 3.63) is 101 Å². The van der Waals surface area contributed by atoms with Crippen molar-refractivity contribution in [3.8, 4) is 0 Å². The van der Waals surface area contributed by atoms with Crippen molar-refractivity contribution < 1.29 is 0 Å². The molecule has 0 saturated heterocycles. The number of benzene rings is 3. The van der Waals surface area contributed by atoms with Crippen LogP contribution in [0.25, 0.3) is 6.08 Å². The third kappa shape index (κ3) is 3.39. The smallest absolute Gasteiger partial charge is 0.0614 e. The highest BCUT2D eigenvalue weighted by molar-refractivity contribution is 5.76. The fourth-order valence-electron chi connectivity index (χ4n) is 6.06. The van der Waals surface area contributed by atoms with E-state index in [1.165, 1.54) is 33.6 Å². The Kier molecular flexibility index (Phi) is 6.03. The maximum atomic E-state index is 2.64. The molecule has 4 rings (SSSR count). The lowest BCUT2D eigenvalue weighted by Crippen LogP contribution is -2.59. The summed E-state index contributed by atoms with van der Waals surface area (Å²) in [5, 5.41) is 0. The molecule has 1 heterocycles. The molecule has 0 N–H and O–H groups in total. The number of nitrogens with zero attached hydrogens (tertiary/aromatic N) is 1. The molecule has 0 saturated carbocycles. The van der Waals surface area contributed by atoms with Crippen LogP contribution in [0.5, 0.6) is 0 Å². The largest absolute Gasteiger partial charge is 0.333 e. The highest BCUT2D eigenvalue weighted by Gasteiger charge is 2.55. The van der Waals surface area contributed by atoms with Crippen molar-refractivity contribution in [1.29, 1.82) is 0 Å². The first-order valence-electron chi connectivity index (χ1n) is 12.0. The minimum absolute atomic E-state index is 0.0632. The maximum Gasteiger partial charge on any atom is 0.0614 e. The van der Waals surface area contributed by atoms with Crippen molar-refractivity contribution in [2.45, 2.75) is 65.8 Å². The second-order valence-corrected chi connectivity index (χ2v) is 9.83. The molecule has 3 unspecified atom stereocenters. The van der Waals surface area contributed by atoms with Crippen LogP contribution in [-0.2, 0) is 5.41 Å². The van der Waals surface area contributed by atoms with Crippen molar-refractivity contribution in [2.75, 3.05) is 4.90 Å². The van der Waals surface area contributed by atoms with Crippen LogP contribution in [0.15, 0.2) is 84.4 Å². The zero-order valence-electron chi connectivity index (χ0n) is 20.5. The Balaban J connectivity index is 2.05. The average Bonchev–Trinajstić information content (AvgIpc) is 2.82. The van der Waals surface area contributed by atoms with Gasteiger partial charge >= 0.3 is 0 Å². The number of aryl methyl sites for hydroxylation is 1. The Labute approximate surface area is 194 Å². The van der Waals surface area contributed by atoms with Gasteiger partial charge in [-0.05, 0) is 61.1 Å². The second kappa shape index (κ2) is 8.62. The van der Waals surface area contributed by atoms with E-state index in [0.717, 1.165) is 12.8 Å². The zero-order valence-corrected chi connectivity index (χ0v) is 20.5. The van der Waals surface area contributed by atoms with E-state index in [1.807, 2.05) is 0 Å². The Morgan fingerprint density at radius 1 is 0.812 bits per heavy atom. The van der Waals surface area contributed by atoms with Gasteiger partial charge in [-0.1, -0.05) is 101 Å². The van der Waals surface area contributed by atoms with Crippen LogP contribution in [0.2, 0.25) is 0 Å². The molecule has 0 bridgehead atoms. The minimum Gasteiger partial charge on any atom is -0.333 e. The maximum absolute atomic E-state index is 2.64. The SMILES string of the molecule is CCC1(C)c2ccccc2N(c2ccccc2C)C(C(C)=Cc2ccccc2)C1(C)CC. The number of rotatable bonds is 5. The number of hydrogen-bond acceptors (Lipinski definition) is 1. The van der Waals surface area contributed by atoms with Gasteiger partial charge in [0.05, 0.1) is 6.04 Å². The average molecular weight is 424 g/mol. The second-order valence-electron chi connectivity index (χ2n) is 9.83. The molecule has 3 aromatic rings. The molecule has 1 aliphatic rings. The van der Waals surface area contributed by atoms with Crippen LogP contribution in [0.4, 0.5) is 11.4 Å². The summed E-state index contributed by atoms with van der Waals surface area (Å²) in [6.07, 6.45) is 4.62. The van der Waals surface area contributed by atoms with Gasteiger partial charge in [0.25, 0.3) is 0 Å². The van der Waals surface area contributed by atoms with Crippen LogP contribution in [0, 0.1) is 12.3 Å². The normalized spacial score (nSPS) is 25.5. The van der Waals surface area contributed by atoms with Crippen LogP contribution in [0.1, 0.15) is 64.2 Å². The van der Waals surface area contributed by atoms with Gasteiger partial charge in [-0.2, -0.15) is 0 Å². The molecule has 3 atom stereocenters. The van der Waals surface area contributed by atoms with E-state index < -0.39 is 0 Å². The predicted octanol–water partition coefficient (Wildman–Crippen LogP) is 8.70. The van der Waals surface area contributed by atoms with Gasteiger partial charge in [-0.15, -0.1) is 0 Å². The Morgan fingerprint density at radius 3 is 2.03 bits per heavy atom. The quantitative estimate of drug-likeness (QED) is 0.396. The summed E-state index contributed by atoms with van der Waals surface area (Å²) in [6, 6.07) is 29.0. The molecule has 0 amide bonds. The fraction of sp³-hybridized carbons (Fsp3) is 0.355. The zero-order chi connectivity index (χ0) is 22.9. The number of fused-ring (bicyclic) bond motifs is 1. The fourth-order valence-corrected chi connectivity index (χ4v) is 6.06. The third-order valence-electron chi connectivity index (χ3n) is 8.32. The van der Waals surface area contributed by atoms with E-state index in [0.29, 0.717) is 0 Å². The summed E-state index contributed by atoms with van der Waals surface area (Å²) >= 11 is 0. The van der Waals surface area contributed by atoms with E-state index in [4.69, 9.17) is 0 Å². The molecule has 0 fully saturated rings. The van der Waals surface area contributed by atoms with Crippen molar-refractivity contribution in [2.24, 2.45) is 5.41 Å². The van der Waals surface area contributed by atoms with Crippen molar-refractivity contribution >= 4 is 17.5 Å². The van der Waals surface area contributed by atoms with Gasteiger partial charge in [0, 0.05) is 22.2 Å². The monoisotopic (exact) mass is 423 g/mol. The van der Waals surface area contributed by atoms with E-state index in [9.17, 15) is 0 Å². The van der Waals surface area contributed by atoms with Crippen LogP contribution < -0.4 is 4.90 Å². The molecule has 1 nitrogen and oxygen atoms in total. The number of para-hydroxylation sites is 2. The summed E-state index contributed by atoms with van der Waals surface area (Å²) in [5.41, 5.74) is 8.27. The van der Waals surface area contributed by atoms with E-state index in [1.54, 1.807) is 0 Å². The molecule has 0 radical (unpaired) electrons.